The van der Waals surface area contributed by atoms with Gasteiger partial charge in [-0.15, -0.1) is 0 Å². The maximum atomic E-state index is 14.5. The average Bonchev–Trinajstić information content (AvgIpc) is 3.45. The number of hydrogen-bond acceptors (Lipinski definition) is 5. The van der Waals surface area contributed by atoms with Gasteiger partial charge in [0, 0.05) is 40.7 Å². The first-order chi connectivity index (χ1) is 20.9. The van der Waals surface area contributed by atoms with E-state index in [4.69, 9.17) is 32.9 Å². The van der Waals surface area contributed by atoms with Gasteiger partial charge in [-0.25, -0.2) is 13.2 Å². The Morgan fingerprint density at radius 2 is 1.66 bits per heavy atom. The summed E-state index contributed by atoms with van der Waals surface area (Å²) in [5, 5.41) is 2.13. The maximum Gasteiger partial charge on any atom is 0.428 e. The van der Waals surface area contributed by atoms with Gasteiger partial charge in [0.1, 0.15) is 18.2 Å². The van der Waals surface area contributed by atoms with E-state index in [2.05, 4.69) is 16.3 Å². The Hall–Kier alpha value is -4.23. The number of nitrogens with one attached hydrogen (secondary N) is 3. The molecule has 0 bridgehead atoms. The van der Waals surface area contributed by atoms with Crippen LogP contribution in [0.1, 0.15) is 27.0 Å². The number of halogens is 8. The van der Waals surface area contributed by atoms with Crippen LogP contribution in [-0.2, 0) is 21.9 Å². The third-order valence-electron chi connectivity index (χ3n) is 6.65. The molecule has 0 spiro atoms. The lowest BCUT2D eigenvalue weighted by molar-refractivity contribution is -0.269. The number of carbonyl (C=O) groups is 1. The lowest BCUT2D eigenvalue weighted by Gasteiger charge is -2.28. The van der Waals surface area contributed by atoms with Crippen molar-refractivity contribution in [2.75, 3.05) is 0 Å². The molecule has 14 heteroatoms. The van der Waals surface area contributed by atoms with Crippen LogP contribution in [0.5, 0.6) is 0 Å². The quantitative estimate of drug-likeness (QED) is 0.0783. The van der Waals surface area contributed by atoms with Crippen molar-refractivity contribution >= 4 is 45.6 Å². The molecule has 5 rings (SSSR count). The normalized spacial score (nSPS) is 16.7. The molecule has 0 fully saturated rings. The van der Waals surface area contributed by atoms with E-state index >= 15 is 0 Å². The van der Waals surface area contributed by atoms with Gasteiger partial charge in [0.2, 0.25) is 5.60 Å². The smallest absolute Gasteiger partial charge is 0.327 e. The molecule has 0 saturated heterocycles. The molecule has 0 aromatic heterocycles. The third kappa shape index (κ3) is 6.06. The zero-order valence-corrected chi connectivity index (χ0v) is 23.6. The lowest BCUT2D eigenvalue weighted by Crippen LogP contribution is -2.42. The van der Waals surface area contributed by atoms with Crippen molar-refractivity contribution in [3.8, 4) is 0 Å². The van der Waals surface area contributed by atoms with E-state index in [0.29, 0.717) is 10.8 Å². The first kappa shape index (κ1) is 31.2. The standard InChI is InChI=1S/C30H19Cl2F6N3O3/c31-23-11-17(12-24(32)27(23)35)29(30(36,37)38)14-26(41-44-29)21-7-8-22(20-4-2-1-3-19(20)21)28(42)39-9-10-40-43-15-16-5-6-18(33)13-25(16)34/h1-14,40-41H,15H2,(H,39,42). The second kappa shape index (κ2) is 12.4. The molecule has 0 aliphatic carbocycles. The molecule has 0 radical (unpaired) electrons. The Morgan fingerprint density at radius 3 is 2.34 bits per heavy atom. The second-order valence-corrected chi connectivity index (χ2v) is 10.2. The number of alkyl halides is 3. The Morgan fingerprint density at radius 1 is 0.955 bits per heavy atom. The molecule has 1 heterocycles. The first-order valence-corrected chi connectivity index (χ1v) is 13.3. The van der Waals surface area contributed by atoms with Crippen LogP contribution < -0.4 is 16.3 Å². The summed E-state index contributed by atoms with van der Waals surface area (Å²) in [4.78, 5) is 23.1. The van der Waals surface area contributed by atoms with Gasteiger partial charge in [0.15, 0.2) is 5.82 Å². The van der Waals surface area contributed by atoms with Gasteiger partial charge in [0.05, 0.1) is 15.7 Å². The van der Waals surface area contributed by atoms with E-state index in [1.54, 1.807) is 24.3 Å². The summed E-state index contributed by atoms with van der Waals surface area (Å²) in [5.41, 5.74) is 1.63. The molecule has 3 N–H and O–H groups in total. The highest BCUT2D eigenvalue weighted by atomic mass is 35.5. The highest BCUT2D eigenvalue weighted by Crippen LogP contribution is 2.49. The molecule has 6 nitrogen and oxygen atoms in total. The zero-order chi connectivity index (χ0) is 31.6. The number of hydroxylamine groups is 2. The molecule has 1 aliphatic heterocycles. The molecule has 1 aliphatic rings. The van der Waals surface area contributed by atoms with Crippen LogP contribution in [0.15, 0.2) is 85.2 Å². The number of fused-ring (bicyclic) bond motifs is 1. The fourth-order valence-corrected chi connectivity index (χ4v) is 5.00. The molecule has 4 aromatic rings. The van der Waals surface area contributed by atoms with Crippen molar-refractivity contribution < 1.29 is 40.8 Å². The van der Waals surface area contributed by atoms with Crippen LogP contribution in [0.3, 0.4) is 0 Å². The number of carbonyl (C=O) groups excluding carboxylic acids is 1. The van der Waals surface area contributed by atoms with Crippen LogP contribution in [0.4, 0.5) is 26.3 Å². The SMILES string of the molecule is O=C(NC=CNOCc1ccc(F)cc1F)c1ccc(C2=CC(c3cc(Cl)c(F)c(Cl)c3)(C(F)(F)F)ON2)c2ccccc12. The first-order valence-electron chi connectivity index (χ1n) is 12.6. The van der Waals surface area contributed by atoms with Crippen LogP contribution in [0, 0.1) is 17.5 Å². The van der Waals surface area contributed by atoms with Gasteiger partial charge in [-0.2, -0.15) is 13.2 Å². The fourth-order valence-electron chi connectivity index (χ4n) is 4.51. The molecular formula is C30H19Cl2F6N3O3. The van der Waals surface area contributed by atoms with Crippen molar-refractivity contribution in [1.82, 2.24) is 16.3 Å². The predicted octanol–water partition coefficient (Wildman–Crippen LogP) is 7.82. The summed E-state index contributed by atoms with van der Waals surface area (Å²) in [6, 6.07) is 14.0. The zero-order valence-electron chi connectivity index (χ0n) is 22.0. The summed E-state index contributed by atoms with van der Waals surface area (Å²) in [7, 11) is 0. The summed E-state index contributed by atoms with van der Waals surface area (Å²) < 4.78 is 84.0. The van der Waals surface area contributed by atoms with Gasteiger partial charge >= 0.3 is 6.18 Å². The number of rotatable bonds is 8. The van der Waals surface area contributed by atoms with E-state index < -0.39 is 50.7 Å². The predicted molar refractivity (Wildman–Crippen MR) is 151 cm³/mol. The lowest BCUT2D eigenvalue weighted by atomic mass is 9.90. The summed E-state index contributed by atoms with van der Waals surface area (Å²) in [6.45, 7) is -0.221. The molecule has 1 amide bonds. The van der Waals surface area contributed by atoms with Crippen molar-refractivity contribution in [2.45, 2.75) is 18.4 Å². The molecule has 4 aromatic carbocycles. The molecule has 1 atom stereocenters. The van der Waals surface area contributed by atoms with Crippen LogP contribution in [-0.4, -0.2) is 12.1 Å². The Labute approximate surface area is 255 Å². The summed E-state index contributed by atoms with van der Waals surface area (Å²) >= 11 is 11.6. The second-order valence-electron chi connectivity index (χ2n) is 9.40. The van der Waals surface area contributed by atoms with Crippen LogP contribution >= 0.6 is 23.2 Å². The van der Waals surface area contributed by atoms with Crippen molar-refractivity contribution in [3.05, 3.63) is 135 Å². The maximum absolute atomic E-state index is 14.5. The molecular weight excluding hydrogens is 635 g/mol. The largest absolute Gasteiger partial charge is 0.428 e. The number of benzene rings is 4. The van der Waals surface area contributed by atoms with E-state index in [0.717, 1.165) is 30.3 Å². The van der Waals surface area contributed by atoms with Crippen LogP contribution in [0.2, 0.25) is 10.0 Å². The van der Waals surface area contributed by atoms with Gasteiger partial charge in [-0.1, -0.05) is 59.6 Å². The topological polar surface area (TPSA) is 71.6 Å². The molecule has 44 heavy (non-hydrogen) atoms. The van der Waals surface area contributed by atoms with Gasteiger partial charge in [-0.3, -0.25) is 25.4 Å². The molecule has 228 valence electrons. The number of amides is 1. The Kier molecular flexibility index (Phi) is 8.80. The minimum absolute atomic E-state index is 0.0686. The van der Waals surface area contributed by atoms with Gasteiger partial charge in [-0.05, 0) is 41.1 Å². The molecule has 1 unspecified atom stereocenters. The summed E-state index contributed by atoms with van der Waals surface area (Å²) in [5.74, 6) is -3.12. The monoisotopic (exact) mass is 653 g/mol. The van der Waals surface area contributed by atoms with E-state index in [-0.39, 0.29) is 29.0 Å². The van der Waals surface area contributed by atoms with Crippen molar-refractivity contribution in [1.29, 1.82) is 0 Å². The highest BCUT2D eigenvalue weighted by Gasteiger charge is 2.60. The van der Waals surface area contributed by atoms with Crippen molar-refractivity contribution in [2.24, 2.45) is 0 Å². The number of hydrogen-bond donors (Lipinski definition) is 3. The van der Waals surface area contributed by atoms with E-state index in [1.807, 2.05) is 0 Å². The highest BCUT2D eigenvalue weighted by molar-refractivity contribution is 6.35. The van der Waals surface area contributed by atoms with Gasteiger partial charge in [0.25, 0.3) is 5.91 Å². The van der Waals surface area contributed by atoms with E-state index in [9.17, 15) is 31.1 Å². The Bertz CT molecular complexity index is 1790. The molecule has 0 saturated carbocycles. The minimum atomic E-state index is -5.01. The summed E-state index contributed by atoms with van der Waals surface area (Å²) in [6.07, 6.45) is -1.78. The van der Waals surface area contributed by atoms with Crippen molar-refractivity contribution in [3.63, 3.8) is 0 Å². The fraction of sp³-hybridized carbons (Fsp3) is 0.100. The minimum Gasteiger partial charge on any atom is -0.327 e. The van der Waals surface area contributed by atoms with E-state index in [1.165, 1.54) is 30.6 Å². The third-order valence-corrected chi connectivity index (χ3v) is 7.20. The Balaban J connectivity index is 1.37. The van der Waals surface area contributed by atoms with Crippen LogP contribution in [0.25, 0.3) is 16.5 Å². The van der Waals surface area contributed by atoms with Gasteiger partial charge < -0.3 is 5.32 Å². The average molecular weight is 654 g/mol.